The smallest absolute Gasteiger partial charge is 0.180 e. The molecular formula is C16H11BrOS2. The van der Waals surface area contributed by atoms with E-state index in [1.54, 1.807) is 23.5 Å². The van der Waals surface area contributed by atoms with Crippen LogP contribution in [-0.2, 0) is 0 Å². The molecule has 0 fully saturated rings. The Hall–Kier alpha value is -1.10. The van der Waals surface area contributed by atoms with Crippen molar-refractivity contribution in [1.29, 1.82) is 0 Å². The van der Waals surface area contributed by atoms with Gasteiger partial charge in [0.2, 0.25) is 0 Å². The minimum absolute atomic E-state index is 0.884. The summed E-state index contributed by atoms with van der Waals surface area (Å²) < 4.78 is 6.89. The summed E-state index contributed by atoms with van der Waals surface area (Å²) >= 11 is 6.80. The van der Waals surface area contributed by atoms with Gasteiger partial charge < -0.3 is 4.42 Å². The van der Waals surface area contributed by atoms with Gasteiger partial charge in [-0.15, -0.1) is 0 Å². The van der Waals surface area contributed by atoms with E-state index in [0.29, 0.717) is 0 Å². The van der Waals surface area contributed by atoms with Crippen molar-refractivity contribution in [3.63, 3.8) is 0 Å². The van der Waals surface area contributed by atoms with E-state index in [4.69, 9.17) is 4.42 Å². The second kappa shape index (κ2) is 6.57. The minimum Gasteiger partial charge on any atom is -0.442 e. The third-order valence-corrected chi connectivity index (χ3v) is 5.31. The zero-order valence-corrected chi connectivity index (χ0v) is 13.7. The molecule has 4 heteroatoms. The lowest BCUT2D eigenvalue weighted by Gasteiger charge is -1.98. The van der Waals surface area contributed by atoms with E-state index >= 15 is 0 Å². The van der Waals surface area contributed by atoms with Crippen LogP contribution < -0.4 is 0 Å². The largest absolute Gasteiger partial charge is 0.442 e. The summed E-state index contributed by atoms with van der Waals surface area (Å²) in [6.45, 7) is 0. The molecular weight excluding hydrogens is 352 g/mol. The monoisotopic (exact) mass is 362 g/mol. The molecule has 0 aliphatic rings. The summed E-state index contributed by atoms with van der Waals surface area (Å²) in [5, 5.41) is 1.77. The molecule has 0 spiro atoms. The van der Waals surface area contributed by atoms with Crippen LogP contribution in [0, 0.1) is 0 Å². The van der Waals surface area contributed by atoms with Crippen LogP contribution in [-0.4, -0.2) is 0 Å². The summed E-state index contributed by atoms with van der Waals surface area (Å²) in [6, 6.07) is 22.4. The fraction of sp³-hybridized carbons (Fsp3) is 0. The summed E-state index contributed by atoms with van der Waals surface area (Å²) in [5.41, 5.74) is 0. The highest BCUT2D eigenvalue weighted by atomic mass is 79.9. The van der Waals surface area contributed by atoms with Crippen LogP contribution in [0.2, 0.25) is 0 Å². The van der Waals surface area contributed by atoms with Crippen molar-refractivity contribution in [3.8, 4) is 0 Å². The van der Waals surface area contributed by atoms with Crippen molar-refractivity contribution in [2.45, 2.75) is 20.0 Å². The van der Waals surface area contributed by atoms with Crippen molar-refractivity contribution in [2.24, 2.45) is 0 Å². The van der Waals surface area contributed by atoms with E-state index in [1.807, 2.05) is 42.5 Å². The standard InChI is InChI=1S/C16H11BrOS2/c17-14-11-15(19-12-7-3-1-4-8-12)18-16(14)20-13-9-5-2-6-10-13/h1-11H. The Morgan fingerprint density at radius 2 is 1.30 bits per heavy atom. The molecule has 0 atom stereocenters. The second-order valence-electron chi connectivity index (χ2n) is 4.03. The van der Waals surface area contributed by atoms with Crippen molar-refractivity contribution >= 4 is 39.5 Å². The van der Waals surface area contributed by atoms with E-state index in [-0.39, 0.29) is 0 Å². The Bertz CT molecular complexity index is 680. The Kier molecular flexibility index (Phi) is 4.55. The van der Waals surface area contributed by atoms with Crippen LogP contribution in [0.25, 0.3) is 0 Å². The highest BCUT2D eigenvalue weighted by Crippen LogP contribution is 2.40. The number of benzene rings is 2. The van der Waals surface area contributed by atoms with Crippen LogP contribution >= 0.6 is 39.5 Å². The molecule has 0 saturated carbocycles. The number of furan rings is 1. The van der Waals surface area contributed by atoms with Gasteiger partial charge in [-0.25, -0.2) is 0 Å². The maximum atomic E-state index is 5.90. The molecule has 0 saturated heterocycles. The first kappa shape index (κ1) is 13.9. The highest BCUT2D eigenvalue weighted by Gasteiger charge is 2.11. The van der Waals surface area contributed by atoms with E-state index in [1.165, 1.54) is 9.79 Å². The van der Waals surface area contributed by atoms with Crippen molar-refractivity contribution < 1.29 is 4.42 Å². The predicted octanol–water partition coefficient (Wildman–Crippen LogP) is 6.34. The van der Waals surface area contributed by atoms with Crippen LogP contribution in [0.1, 0.15) is 0 Å². The molecule has 0 amide bonds. The van der Waals surface area contributed by atoms with Crippen LogP contribution in [0.4, 0.5) is 0 Å². The Morgan fingerprint density at radius 3 is 1.90 bits per heavy atom. The Balaban J connectivity index is 1.77. The first-order chi connectivity index (χ1) is 9.81. The van der Waals surface area contributed by atoms with E-state index in [0.717, 1.165) is 14.7 Å². The molecule has 2 aromatic carbocycles. The van der Waals surface area contributed by atoms with E-state index in [9.17, 15) is 0 Å². The zero-order valence-electron chi connectivity index (χ0n) is 10.5. The average molecular weight is 363 g/mol. The SMILES string of the molecule is Brc1cc(Sc2ccccc2)oc1Sc1ccccc1. The van der Waals surface area contributed by atoms with Crippen LogP contribution in [0.15, 0.2) is 95.6 Å². The Morgan fingerprint density at radius 1 is 0.750 bits per heavy atom. The summed E-state index contributed by atoms with van der Waals surface area (Å²) in [4.78, 5) is 2.34. The molecule has 0 bridgehead atoms. The van der Waals surface area contributed by atoms with Crippen molar-refractivity contribution in [1.82, 2.24) is 0 Å². The quantitative estimate of drug-likeness (QED) is 0.537. The average Bonchev–Trinajstić information content (AvgIpc) is 2.81. The molecule has 20 heavy (non-hydrogen) atoms. The van der Waals surface area contributed by atoms with Crippen LogP contribution in [0.3, 0.4) is 0 Å². The molecule has 3 rings (SSSR count). The first-order valence-corrected chi connectivity index (χ1v) is 8.49. The number of halogens is 1. The molecule has 1 heterocycles. The molecule has 0 N–H and O–H groups in total. The minimum atomic E-state index is 0.884. The molecule has 3 aromatic rings. The van der Waals surface area contributed by atoms with Gasteiger partial charge in [-0.05, 0) is 40.2 Å². The van der Waals surface area contributed by atoms with Gasteiger partial charge in [0.15, 0.2) is 10.2 Å². The summed E-state index contributed by atoms with van der Waals surface area (Å²) in [5.74, 6) is 0. The summed E-state index contributed by atoms with van der Waals surface area (Å²) in [7, 11) is 0. The van der Waals surface area contributed by atoms with Gasteiger partial charge in [0.05, 0.1) is 4.47 Å². The lowest BCUT2D eigenvalue weighted by atomic mass is 10.4. The van der Waals surface area contributed by atoms with Gasteiger partial charge in [-0.1, -0.05) is 59.9 Å². The van der Waals surface area contributed by atoms with Gasteiger partial charge in [-0.2, -0.15) is 0 Å². The number of hydrogen-bond acceptors (Lipinski definition) is 3. The lowest BCUT2D eigenvalue weighted by Crippen LogP contribution is -1.69. The van der Waals surface area contributed by atoms with Gasteiger partial charge in [0.1, 0.15) is 0 Å². The summed E-state index contributed by atoms with van der Waals surface area (Å²) in [6.07, 6.45) is 0. The molecule has 0 radical (unpaired) electrons. The van der Waals surface area contributed by atoms with Crippen LogP contribution in [0.5, 0.6) is 0 Å². The molecule has 1 nitrogen and oxygen atoms in total. The third kappa shape index (κ3) is 3.51. The van der Waals surface area contributed by atoms with Gasteiger partial charge in [0.25, 0.3) is 0 Å². The molecule has 0 aliphatic carbocycles. The van der Waals surface area contributed by atoms with Gasteiger partial charge in [-0.3, -0.25) is 0 Å². The number of rotatable bonds is 4. The zero-order chi connectivity index (χ0) is 13.8. The lowest BCUT2D eigenvalue weighted by molar-refractivity contribution is 0.395. The molecule has 100 valence electrons. The van der Waals surface area contributed by atoms with Crippen molar-refractivity contribution in [3.05, 3.63) is 71.2 Å². The van der Waals surface area contributed by atoms with E-state index in [2.05, 4.69) is 40.2 Å². The Labute approximate surface area is 134 Å². The second-order valence-corrected chi connectivity index (χ2v) is 7.01. The van der Waals surface area contributed by atoms with Gasteiger partial charge in [0, 0.05) is 15.9 Å². The predicted molar refractivity (Wildman–Crippen MR) is 87.5 cm³/mol. The number of hydrogen-bond donors (Lipinski definition) is 0. The molecule has 0 aliphatic heterocycles. The van der Waals surface area contributed by atoms with Gasteiger partial charge >= 0.3 is 0 Å². The topological polar surface area (TPSA) is 13.1 Å². The third-order valence-electron chi connectivity index (χ3n) is 2.55. The maximum absolute atomic E-state index is 5.90. The maximum Gasteiger partial charge on any atom is 0.180 e. The normalized spacial score (nSPS) is 10.7. The first-order valence-electron chi connectivity index (χ1n) is 6.06. The highest BCUT2D eigenvalue weighted by molar-refractivity contribution is 9.10. The molecule has 0 unspecified atom stereocenters. The van der Waals surface area contributed by atoms with Crippen molar-refractivity contribution in [2.75, 3.05) is 0 Å². The fourth-order valence-electron chi connectivity index (χ4n) is 1.65. The molecule has 1 aromatic heterocycles. The fourth-order valence-corrected chi connectivity index (χ4v) is 4.01. The van der Waals surface area contributed by atoms with E-state index < -0.39 is 0 Å².